The molecule has 1 unspecified atom stereocenters. The molecule has 0 aromatic heterocycles. The van der Waals surface area contributed by atoms with Gasteiger partial charge in [-0.05, 0) is 0 Å². The fourth-order valence-electron chi connectivity index (χ4n) is 0.631. The van der Waals surface area contributed by atoms with E-state index in [1.165, 1.54) is 0 Å². The molecule has 3 nitrogen and oxygen atoms in total. The number of aliphatic hydroxyl groups excluding tert-OH is 1. The van der Waals surface area contributed by atoms with Crippen LogP contribution in [-0.4, -0.2) is 29.7 Å². The molecule has 0 aliphatic carbocycles. The van der Waals surface area contributed by atoms with Gasteiger partial charge in [0.2, 0.25) is 0 Å². The average molecular weight is 148 g/mol. The van der Waals surface area contributed by atoms with E-state index in [1.807, 2.05) is 0 Å². The van der Waals surface area contributed by atoms with E-state index in [0.29, 0.717) is 6.61 Å². The maximum absolute atomic E-state index is 8.57. The van der Waals surface area contributed by atoms with Crippen LogP contribution in [0.4, 0.5) is 0 Å². The van der Waals surface area contributed by atoms with Gasteiger partial charge >= 0.3 is 5.24 Å². The molecule has 1 aliphatic rings. The highest BCUT2D eigenvalue weighted by Crippen LogP contribution is 2.06. The van der Waals surface area contributed by atoms with Crippen molar-refractivity contribution in [3.63, 3.8) is 0 Å². The Morgan fingerprint density at radius 1 is 1.78 bits per heavy atom. The molecule has 1 rings (SSSR count). The van der Waals surface area contributed by atoms with Gasteiger partial charge in [0.1, 0.15) is 6.10 Å². The van der Waals surface area contributed by atoms with E-state index in [4.69, 9.17) is 14.6 Å². The van der Waals surface area contributed by atoms with Crippen LogP contribution in [0.5, 0.6) is 0 Å². The molecule has 4 heteroatoms. The smallest absolute Gasteiger partial charge is 0.352 e. The van der Waals surface area contributed by atoms with Gasteiger partial charge in [0, 0.05) is 18.6 Å². The summed E-state index contributed by atoms with van der Waals surface area (Å²) in [5.74, 6) is 0. The second-order valence-electron chi connectivity index (χ2n) is 1.81. The lowest BCUT2D eigenvalue weighted by atomic mass is 10.3. The van der Waals surface area contributed by atoms with Crippen LogP contribution in [0, 0.1) is 0 Å². The second-order valence-corrected chi connectivity index (χ2v) is 2.14. The van der Waals surface area contributed by atoms with Gasteiger partial charge in [-0.3, -0.25) is 0 Å². The van der Waals surface area contributed by atoms with Crippen LogP contribution in [0.25, 0.3) is 0 Å². The fraction of sp³-hybridized carbons (Fsp3) is 0.800. The van der Waals surface area contributed by atoms with Gasteiger partial charge in [-0.25, -0.2) is 0 Å². The Labute approximate surface area is 58.6 Å². The Morgan fingerprint density at radius 2 is 2.56 bits per heavy atom. The first-order chi connectivity index (χ1) is 4.33. The number of hydrogen-bond acceptors (Lipinski definition) is 4. The molecule has 1 atom stereocenters. The summed E-state index contributed by atoms with van der Waals surface area (Å²) >= 11 is 4.59. The molecule has 0 saturated carbocycles. The molecule has 0 amide bonds. The zero-order valence-corrected chi connectivity index (χ0v) is 5.69. The lowest BCUT2D eigenvalue weighted by Gasteiger charge is -2.21. The largest absolute Gasteiger partial charge is 0.457 e. The Balaban J connectivity index is 2.32. The zero-order valence-electron chi connectivity index (χ0n) is 4.87. The van der Waals surface area contributed by atoms with Crippen LogP contribution in [0.1, 0.15) is 6.42 Å². The highest BCUT2D eigenvalue weighted by molar-refractivity contribution is 7.79. The molecule has 0 bridgehead atoms. The number of hydrogen-bond donors (Lipinski definition) is 1. The molecule has 1 aliphatic heterocycles. The summed E-state index contributed by atoms with van der Waals surface area (Å²) in [4.78, 5) is 0. The molecule has 9 heavy (non-hydrogen) atoms. The van der Waals surface area contributed by atoms with Crippen molar-refractivity contribution in [2.24, 2.45) is 0 Å². The van der Waals surface area contributed by atoms with Gasteiger partial charge < -0.3 is 14.6 Å². The monoisotopic (exact) mass is 148 g/mol. The first-order valence-corrected chi connectivity index (χ1v) is 3.18. The Morgan fingerprint density at radius 3 is 3.00 bits per heavy atom. The van der Waals surface area contributed by atoms with Crippen LogP contribution in [0.3, 0.4) is 0 Å². The molecule has 1 fully saturated rings. The van der Waals surface area contributed by atoms with Crippen molar-refractivity contribution < 1.29 is 14.6 Å². The third-order valence-electron chi connectivity index (χ3n) is 1.13. The van der Waals surface area contributed by atoms with E-state index >= 15 is 0 Å². The molecule has 0 aromatic carbocycles. The van der Waals surface area contributed by atoms with Crippen LogP contribution in [0.2, 0.25) is 0 Å². The normalized spacial score (nSPS) is 26.8. The Kier molecular flexibility index (Phi) is 2.24. The maximum Gasteiger partial charge on any atom is 0.352 e. The summed E-state index contributed by atoms with van der Waals surface area (Å²) in [6, 6.07) is 0. The molecule has 1 saturated heterocycles. The fourth-order valence-corrected chi connectivity index (χ4v) is 0.851. The highest BCUT2D eigenvalue weighted by Gasteiger charge is 2.16. The Bertz CT molecular complexity index is 115. The van der Waals surface area contributed by atoms with E-state index < -0.39 is 0 Å². The molecular weight excluding hydrogens is 140 g/mol. The van der Waals surface area contributed by atoms with Gasteiger partial charge in [-0.15, -0.1) is 0 Å². The van der Waals surface area contributed by atoms with E-state index in [2.05, 4.69) is 12.2 Å². The summed E-state index contributed by atoms with van der Waals surface area (Å²) in [6.45, 7) is 0.577. The number of rotatable bonds is 1. The number of aliphatic hydroxyl groups is 1. The third-order valence-corrected chi connectivity index (χ3v) is 1.34. The first kappa shape index (κ1) is 6.77. The molecule has 0 aromatic rings. The molecule has 1 N–H and O–H groups in total. The van der Waals surface area contributed by atoms with E-state index in [-0.39, 0.29) is 17.9 Å². The maximum atomic E-state index is 8.57. The summed E-state index contributed by atoms with van der Waals surface area (Å²) < 4.78 is 9.70. The second kappa shape index (κ2) is 2.98. The van der Waals surface area contributed by atoms with Gasteiger partial charge in [0.25, 0.3) is 0 Å². The molecule has 52 valence electrons. The van der Waals surface area contributed by atoms with Gasteiger partial charge in [0.15, 0.2) is 0 Å². The molecule has 1 heterocycles. The lowest BCUT2D eigenvalue weighted by molar-refractivity contribution is 0.0165. The minimum absolute atomic E-state index is 0.0174. The summed E-state index contributed by atoms with van der Waals surface area (Å²) in [5, 5.41) is 8.72. The minimum atomic E-state index is -0.147. The van der Waals surface area contributed by atoms with Crippen molar-refractivity contribution in [3.05, 3.63) is 0 Å². The molecular formula is C5H8O3S. The van der Waals surface area contributed by atoms with Crippen molar-refractivity contribution in [2.45, 2.75) is 12.5 Å². The zero-order chi connectivity index (χ0) is 6.69. The quantitative estimate of drug-likeness (QED) is 0.534. The molecule has 0 spiro atoms. The summed E-state index contributed by atoms with van der Waals surface area (Å²) in [5.41, 5.74) is 0. The summed E-state index contributed by atoms with van der Waals surface area (Å²) in [6.07, 6.45) is 0.572. The van der Waals surface area contributed by atoms with Crippen LogP contribution >= 0.6 is 12.2 Å². The first-order valence-electron chi connectivity index (χ1n) is 2.77. The number of ether oxygens (including phenoxy) is 2. The van der Waals surface area contributed by atoms with Gasteiger partial charge in [-0.1, -0.05) is 0 Å². The van der Waals surface area contributed by atoms with Crippen LogP contribution < -0.4 is 0 Å². The van der Waals surface area contributed by atoms with E-state index in [0.717, 1.165) is 6.42 Å². The van der Waals surface area contributed by atoms with E-state index in [1.54, 1.807) is 0 Å². The van der Waals surface area contributed by atoms with Crippen LogP contribution in [-0.2, 0) is 9.47 Å². The van der Waals surface area contributed by atoms with Gasteiger partial charge in [-0.2, -0.15) is 0 Å². The summed E-state index contributed by atoms with van der Waals surface area (Å²) in [7, 11) is 0. The van der Waals surface area contributed by atoms with Gasteiger partial charge in [0.05, 0.1) is 13.2 Å². The van der Waals surface area contributed by atoms with Crippen molar-refractivity contribution >= 4 is 17.5 Å². The minimum Gasteiger partial charge on any atom is -0.457 e. The lowest BCUT2D eigenvalue weighted by Crippen LogP contribution is -2.29. The van der Waals surface area contributed by atoms with Crippen LogP contribution in [0.15, 0.2) is 0 Å². The van der Waals surface area contributed by atoms with Crippen molar-refractivity contribution in [2.75, 3.05) is 13.2 Å². The predicted molar refractivity (Wildman–Crippen MR) is 35.1 cm³/mol. The van der Waals surface area contributed by atoms with Crippen molar-refractivity contribution in [3.8, 4) is 0 Å². The average Bonchev–Trinajstić information content (AvgIpc) is 1.88. The topological polar surface area (TPSA) is 38.7 Å². The highest BCUT2D eigenvalue weighted by atomic mass is 32.1. The Hall–Kier alpha value is -0.350. The third kappa shape index (κ3) is 1.80. The molecule has 0 radical (unpaired) electrons. The SMILES string of the molecule is OCC1CCOC(=S)O1. The number of thiocarbonyl (C=S) groups is 1. The van der Waals surface area contributed by atoms with Crippen molar-refractivity contribution in [1.29, 1.82) is 0 Å². The van der Waals surface area contributed by atoms with E-state index in [9.17, 15) is 0 Å². The predicted octanol–water partition coefficient (Wildman–Crippen LogP) is 0.0691. The standard InChI is InChI=1S/C5H8O3S/c6-3-4-1-2-7-5(9)8-4/h4,6H,1-3H2. The van der Waals surface area contributed by atoms with Crippen molar-refractivity contribution in [1.82, 2.24) is 0 Å².